The molecule has 0 N–H and O–H groups in total. The zero-order valence-electron chi connectivity index (χ0n) is 11.6. The maximum Gasteiger partial charge on any atom is 0.238 e. The molecule has 114 valence electrons. The second-order valence-electron chi connectivity index (χ2n) is 6.31. The molecule has 22 heavy (non-hydrogen) atoms. The molecular formula is C16H13Cl2NO3. The quantitative estimate of drug-likeness (QED) is 0.740. The first-order valence-electron chi connectivity index (χ1n) is 7.34. The average molecular weight is 338 g/mol. The third-order valence-electron chi connectivity index (χ3n) is 5.17. The molecule has 5 rings (SSSR count). The molecule has 1 aromatic rings. The number of imide groups is 1. The van der Waals surface area contributed by atoms with Crippen molar-refractivity contribution in [2.75, 3.05) is 4.90 Å². The Bertz CT molecular complexity index is 697. The zero-order chi connectivity index (χ0) is 15.6. The number of benzene rings is 1. The van der Waals surface area contributed by atoms with E-state index in [0.29, 0.717) is 28.6 Å². The molecule has 1 aliphatic heterocycles. The molecule has 1 aromatic carbocycles. The number of rotatable bonds is 1. The largest absolute Gasteiger partial charge is 0.299 e. The van der Waals surface area contributed by atoms with Gasteiger partial charge in [0, 0.05) is 22.4 Å². The molecule has 4 aliphatic rings. The molecule has 6 heteroatoms. The number of carbonyl (C=O) groups excluding carboxylic acids is 3. The number of anilines is 1. The van der Waals surface area contributed by atoms with Gasteiger partial charge >= 0.3 is 0 Å². The number of carbonyl (C=O) groups is 3. The third-order valence-corrected chi connectivity index (χ3v) is 5.61. The van der Waals surface area contributed by atoms with Crippen LogP contribution in [0.15, 0.2) is 18.2 Å². The molecule has 1 heterocycles. The zero-order valence-corrected chi connectivity index (χ0v) is 13.1. The van der Waals surface area contributed by atoms with Crippen LogP contribution in [-0.2, 0) is 14.4 Å². The van der Waals surface area contributed by atoms with Gasteiger partial charge in [0.25, 0.3) is 0 Å². The third kappa shape index (κ3) is 1.87. The van der Waals surface area contributed by atoms with Crippen molar-refractivity contribution >= 4 is 46.5 Å². The number of Topliss-reactive ketones (excluding diaryl/α,β-unsaturated/α-hetero) is 1. The molecule has 4 atom stereocenters. The fourth-order valence-corrected chi connectivity index (χ4v) is 4.82. The summed E-state index contributed by atoms with van der Waals surface area (Å²) in [5, 5.41) is 0.744. The summed E-state index contributed by atoms with van der Waals surface area (Å²) in [7, 11) is 0. The number of hydrogen-bond acceptors (Lipinski definition) is 3. The number of fused-ring (bicyclic) bond motifs is 2. The Kier molecular flexibility index (Phi) is 3.10. The lowest BCUT2D eigenvalue weighted by Crippen LogP contribution is -2.46. The predicted octanol–water partition coefficient (Wildman–Crippen LogP) is 3.10. The Morgan fingerprint density at radius 2 is 1.55 bits per heavy atom. The highest BCUT2D eigenvalue weighted by atomic mass is 35.5. The van der Waals surface area contributed by atoms with Crippen molar-refractivity contribution in [1.29, 1.82) is 0 Å². The van der Waals surface area contributed by atoms with Crippen LogP contribution in [0.1, 0.15) is 19.3 Å². The number of nitrogens with zero attached hydrogens (tertiary/aromatic N) is 1. The van der Waals surface area contributed by atoms with E-state index in [4.69, 9.17) is 23.2 Å². The van der Waals surface area contributed by atoms with Gasteiger partial charge in [-0.15, -0.1) is 0 Å². The van der Waals surface area contributed by atoms with Crippen LogP contribution in [0.2, 0.25) is 10.0 Å². The standard InChI is InChI=1S/C16H13Cl2NO3/c17-8-4-9(18)6-10(5-8)19-15(21)13-7-1-2-11(12(20)3-7)14(13)16(19)22/h4-7,11,13-14H,1-3H2/t7-,11+,13+,14-/m0/s1. The molecule has 0 spiro atoms. The van der Waals surface area contributed by atoms with Crippen molar-refractivity contribution in [3.63, 3.8) is 0 Å². The van der Waals surface area contributed by atoms with Crippen LogP contribution < -0.4 is 4.90 Å². The van der Waals surface area contributed by atoms with Gasteiger partial charge in [-0.3, -0.25) is 14.4 Å². The summed E-state index contributed by atoms with van der Waals surface area (Å²) in [6.07, 6.45) is 1.99. The molecule has 0 radical (unpaired) electrons. The summed E-state index contributed by atoms with van der Waals surface area (Å²) in [6.45, 7) is 0. The van der Waals surface area contributed by atoms with Crippen molar-refractivity contribution in [2.45, 2.75) is 19.3 Å². The SMILES string of the molecule is O=C1C[C@@H]2CC[C@H]1[C@@H]1C(=O)N(c3cc(Cl)cc(Cl)c3)C(=O)[C@H]21. The van der Waals surface area contributed by atoms with E-state index in [9.17, 15) is 14.4 Å². The number of hydrogen-bond donors (Lipinski definition) is 0. The van der Waals surface area contributed by atoms with E-state index in [0.717, 1.165) is 6.42 Å². The predicted molar refractivity (Wildman–Crippen MR) is 81.8 cm³/mol. The highest BCUT2D eigenvalue weighted by Crippen LogP contribution is 2.52. The Morgan fingerprint density at radius 3 is 2.18 bits per heavy atom. The summed E-state index contributed by atoms with van der Waals surface area (Å²) >= 11 is 12.0. The lowest BCUT2D eigenvalue weighted by molar-refractivity contribution is -0.143. The molecule has 3 aliphatic carbocycles. The lowest BCUT2D eigenvalue weighted by atomic mass is 9.59. The highest BCUT2D eigenvalue weighted by Gasteiger charge is 2.60. The maximum atomic E-state index is 12.8. The van der Waals surface area contributed by atoms with Gasteiger partial charge in [-0.1, -0.05) is 23.2 Å². The van der Waals surface area contributed by atoms with Gasteiger partial charge in [-0.2, -0.15) is 0 Å². The van der Waals surface area contributed by atoms with Crippen LogP contribution in [0.3, 0.4) is 0 Å². The van der Waals surface area contributed by atoms with Gasteiger partial charge in [0.15, 0.2) is 0 Å². The number of halogens is 2. The Labute approximate surface area is 137 Å². The molecule has 2 bridgehead atoms. The van der Waals surface area contributed by atoms with Crippen molar-refractivity contribution in [3.8, 4) is 0 Å². The fourth-order valence-electron chi connectivity index (χ4n) is 4.31. The number of ketones is 1. The van der Waals surface area contributed by atoms with Gasteiger partial charge in [-0.05, 0) is 37.0 Å². The Balaban J connectivity index is 1.78. The van der Waals surface area contributed by atoms with Crippen molar-refractivity contribution in [1.82, 2.24) is 0 Å². The van der Waals surface area contributed by atoms with Gasteiger partial charge in [0.1, 0.15) is 5.78 Å². The van der Waals surface area contributed by atoms with E-state index in [2.05, 4.69) is 0 Å². The van der Waals surface area contributed by atoms with E-state index in [-0.39, 0.29) is 35.4 Å². The van der Waals surface area contributed by atoms with E-state index in [1.807, 2.05) is 0 Å². The maximum absolute atomic E-state index is 12.8. The first kappa shape index (κ1) is 14.2. The van der Waals surface area contributed by atoms with Crippen LogP contribution in [0.4, 0.5) is 5.69 Å². The second-order valence-corrected chi connectivity index (χ2v) is 7.18. The van der Waals surface area contributed by atoms with Crippen molar-refractivity contribution < 1.29 is 14.4 Å². The van der Waals surface area contributed by atoms with E-state index in [1.165, 1.54) is 4.90 Å². The van der Waals surface area contributed by atoms with Crippen molar-refractivity contribution in [2.24, 2.45) is 23.7 Å². The van der Waals surface area contributed by atoms with Crippen LogP contribution in [0, 0.1) is 23.7 Å². The lowest BCUT2D eigenvalue weighted by Gasteiger charge is -2.41. The highest BCUT2D eigenvalue weighted by molar-refractivity contribution is 6.35. The van der Waals surface area contributed by atoms with E-state index < -0.39 is 5.92 Å². The summed E-state index contributed by atoms with van der Waals surface area (Å²) in [5.74, 6) is -1.52. The van der Waals surface area contributed by atoms with Crippen LogP contribution in [-0.4, -0.2) is 17.6 Å². The van der Waals surface area contributed by atoms with Gasteiger partial charge < -0.3 is 0 Å². The minimum atomic E-state index is -0.495. The first-order valence-corrected chi connectivity index (χ1v) is 8.09. The minimum absolute atomic E-state index is 0.00129. The average Bonchev–Trinajstić information content (AvgIpc) is 2.72. The van der Waals surface area contributed by atoms with Crippen molar-refractivity contribution in [3.05, 3.63) is 28.2 Å². The summed E-state index contributed by atoms with van der Waals surface area (Å²) in [4.78, 5) is 38.8. The molecule has 2 amide bonds. The summed E-state index contributed by atoms with van der Waals surface area (Å²) in [6, 6.07) is 4.67. The second kappa shape index (κ2) is 4.80. The van der Waals surface area contributed by atoms with Crippen LogP contribution >= 0.6 is 23.2 Å². The van der Waals surface area contributed by atoms with Gasteiger partial charge in [0.2, 0.25) is 11.8 Å². The van der Waals surface area contributed by atoms with Crippen LogP contribution in [0.25, 0.3) is 0 Å². The molecule has 0 aromatic heterocycles. The number of amides is 2. The molecule has 4 fully saturated rings. The monoisotopic (exact) mass is 337 g/mol. The normalized spacial score (nSPS) is 33.5. The summed E-state index contributed by atoms with van der Waals surface area (Å²) < 4.78 is 0. The smallest absolute Gasteiger partial charge is 0.238 e. The Morgan fingerprint density at radius 1 is 0.909 bits per heavy atom. The van der Waals surface area contributed by atoms with Gasteiger partial charge in [0.05, 0.1) is 17.5 Å². The molecule has 1 saturated heterocycles. The molecule has 3 saturated carbocycles. The topological polar surface area (TPSA) is 54.5 Å². The van der Waals surface area contributed by atoms with E-state index >= 15 is 0 Å². The first-order chi connectivity index (χ1) is 10.5. The van der Waals surface area contributed by atoms with E-state index in [1.54, 1.807) is 18.2 Å². The Hall–Kier alpha value is -1.39. The molecular weight excluding hydrogens is 325 g/mol. The fraction of sp³-hybridized carbons (Fsp3) is 0.438. The molecule has 0 unspecified atom stereocenters. The summed E-state index contributed by atoms with van der Waals surface area (Å²) in [5.41, 5.74) is 0.397. The van der Waals surface area contributed by atoms with Crippen LogP contribution in [0.5, 0.6) is 0 Å². The minimum Gasteiger partial charge on any atom is -0.299 e. The van der Waals surface area contributed by atoms with Gasteiger partial charge in [-0.25, -0.2) is 4.90 Å². The molecule has 4 nitrogen and oxygen atoms in total.